The van der Waals surface area contributed by atoms with Crippen LogP contribution >= 0.6 is 0 Å². The number of carbonyl (C=O) groups is 2. The van der Waals surface area contributed by atoms with Gasteiger partial charge in [-0.2, -0.15) is 13.2 Å². The number of halogens is 3. The molecule has 0 aromatic heterocycles. The van der Waals surface area contributed by atoms with Crippen LogP contribution in [0.25, 0.3) is 0 Å². The molecule has 12 heteroatoms. The molecule has 9 nitrogen and oxygen atoms in total. The molecule has 0 unspecified atom stereocenters. The number of nitro groups is 1. The monoisotopic (exact) mass is 412 g/mol. The van der Waals surface area contributed by atoms with Crippen LogP contribution in [0.1, 0.15) is 22.8 Å². The van der Waals surface area contributed by atoms with Gasteiger partial charge in [-0.25, -0.2) is 9.59 Å². The predicted octanol–water partition coefficient (Wildman–Crippen LogP) is 4.02. The lowest BCUT2D eigenvalue weighted by atomic mass is 10.1. The van der Waals surface area contributed by atoms with Gasteiger partial charge in [0.25, 0.3) is 5.69 Å². The third-order valence-electron chi connectivity index (χ3n) is 3.60. The minimum Gasteiger partial charge on any atom is -0.462 e. The molecule has 0 aliphatic carbocycles. The molecule has 0 saturated carbocycles. The third kappa shape index (κ3) is 5.12. The maximum atomic E-state index is 13.0. The molecular formula is C17H15F3N4O5. The Kier molecular flexibility index (Phi) is 6.26. The number of rotatable bonds is 5. The predicted molar refractivity (Wildman–Crippen MR) is 97.6 cm³/mol. The first-order valence-electron chi connectivity index (χ1n) is 8.03. The quantitative estimate of drug-likeness (QED) is 0.294. The van der Waals surface area contributed by atoms with Crippen molar-refractivity contribution >= 4 is 34.7 Å². The average molecular weight is 412 g/mol. The van der Waals surface area contributed by atoms with Crippen LogP contribution in [0.3, 0.4) is 0 Å². The van der Waals surface area contributed by atoms with Crippen LogP contribution in [0.15, 0.2) is 36.4 Å². The number of hydrogen-bond acceptors (Lipinski definition) is 6. The molecule has 0 aliphatic heterocycles. The Hall–Kier alpha value is -3.83. The van der Waals surface area contributed by atoms with Gasteiger partial charge in [-0.1, -0.05) is 12.1 Å². The van der Waals surface area contributed by atoms with Crippen LogP contribution in [0.4, 0.5) is 40.7 Å². The summed E-state index contributed by atoms with van der Waals surface area (Å²) in [6.45, 7) is 1.67. The van der Waals surface area contributed by atoms with Gasteiger partial charge in [0.15, 0.2) is 0 Å². The topological polar surface area (TPSA) is 137 Å². The number of ether oxygens (including phenoxy) is 1. The molecule has 2 aromatic rings. The SMILES string of the molecule is CCOC(=O)c1ccccc1NC(=O)Nc1cc(C(F)(F)F)cc([N+](=O)[O-])c1N. The van der Waals surface area contributed by atoms with Crippen molar-refractivity contribution in [2.45, 2.75) is 13.1 Å². The second kappa shape index (κ2) is 8.46. The highest BCUT2D eigenvalue weighted by atomic mass is 19.4. The molecule has 2 aromatic carbocycles. The van der Waals surface area contributed by atoms with Gasteiger partial charge in [0.05, 0.1) is 34.0 Å². The van der Waals surface area contributed by atoms with E-state index in [9.17, 15) is 32.9 Å². The minimum absolute atomic E-state index is 0.00694. The van der Waals surface area contributed by atoms with E-state index in [1.54, 1.807) is 6.92 Å². The van der Waals surface area contributed by atoms with Crippen molar-refractivity contribution in [1.82, 2.24) is 0 Å². The van der Waals surface area contributed by atoms with Crippen molar-refractivity contribution in [2.24, 2.45) is 0 Å². The first-order valence-corrected chi connectivity index (χ1v) is 8.03. The van der Waals surface area contributed by atoms with E-state index >= 15 is 0 Å². The molecule has 0 atom stereocenters. The number of amides is 2. The van der Waals surface area contributed by atoms with Crippen LogP contribution in [-0.2, 0) is 10.9 Å². The zero-order valence-corrected chi connectivity index (χ0v) is 14.9. The molecule has 4 N–H and O–H groups in total. The first-order chi connectivity index (χ1) is 13.5. The highest BCUT2D eigenvalue weighted by molar-refractivity contribution is 6.06. The van der Waals surface area contributed by atoms with E-state index in [2.05, 4.69) is 5.32 Å². The normalized spacial score (nSPS) is 10.9. The zero-order chi connectivity index (χ0) is 21.8. The molecule has 2 amide bonds. The fraction of sp³-hybridized carbons (Fsp3) is 0.176. The van der Waals surface area contributed by atoms with E-state index in [1.807, 2.05) is 5.32 Å². The largest absolute Gasteiger partial charge is 0.462 e. The van der Waals surface area contributed by atoms with Gasteiger partial charge in [0, 0.05) is 6.07 Å². The van der Waals surface area contributed by atoms with Gasteiger partial charge in [-0.3, -0.25) is 10.1 Å². The average Bonchev–Trinajstić information content (AvgIpc) is 2.62. The summed E-state index contributed by atoms with van der Waals surface area (Å²) in [4.78, 5) is 34.0. The molecule has 29 heavy (non-hydrogen) atoms. The maximum absolute atomic E-state index is 13.0. The summed E-state index contributed by atoms with van der Waals surface area (Å²) < 4.78 is 43.8. The van der Waals surface area contributed by atoms with Crippen molar-refractivity contribution in [3.63, 3.8) is 0 Å². The number of nitro benzene ring substituents is 1. The Labute approximate surface area is 161 Å². The van der Waals surface area contributed by atoms with Gasteiger partial charge in [0.2, 0.25) is 0 Å². The van der Waals surface area contributed by atoms with Gasteiger partial charge in [-0.15, -0.1) is 0 Å². The van der Waals surface area contributed by atoms with Crippen LogP contribution in [0, 0.1) is 10.1 Å². The number of nitrogen functional groups attached to an aromatic ring is 1. The number of nitrogens with two attached hydrogens (primary N) is 1. The fourth-order valence-electron chi connectivity index (χ4n) is 2.31. The summed E-state index contributed by atoms with van der Waals surface area (Å²) in [5.74, 6) is -0.724. The number of esters is 1. The Balaban J connectivity index is 2.34. The van der Waals surface area contributed by atoms with E-state index in [4.69, 9.17) is 10.5 Å². The molecule has 0 bridgehead atoms. The number of carbonyl (C=O) groups excluding carboxylic acids is 2. The number of urea groups is 1. The summed E-state index contributed by atoms with van der Waals surface area (Å²) in [6.07, 6.45) is -4.90. The number of alkyl halides is 3. The van der Waals surface area contributed by atoms with Crippen LogP contribution in [0.2, 0.25) is 0 Å². The van der Waals surface area contributed by atoms with Crippen molar-refractivity contribution in [1.29, 1.82) is 0 Å². The highest BCUT2D eigenvalue weighted by Gasteiger charge is 2.34. The van der Waals surface area contributed by atoms with Gasteiger partial charge < -0.3 is 21.1 Å². The van der Waals surface area contributed by atoms with Gasteiger partial charge in [-0.05, 0) is 25.1 Å². The lowest BCUT2D eigenvalue weighted by Gasteiger charge is -2.14. The Morgan fingerprint density at radius 2 is 1.79 bits per heavy atom. The molecule has 0 radical (unpaired) electrons. The van der Waals surface area contributed by atoms with Crippen LogP contribution in [0.5, 0.6) is 0 Å². The van der Waals surface area contributed by atoms with E-state index in [0.717, 1.165) is 0 Å². The minimum atomic E-state index is -4.90. The van der Waals surface area contributed by atoms with Crippen LogP contribution < -0.4 is 16.4 Å². The summed E-state index contributed by atoms with van der Waals surface area (Å²) in [6, 6.07) is 5.43. The summed E-state index contributed by atoms with van der Waals surface area (Å²) >= 11 is 0. The third-order valence-corrected chi connectivity index (χ3v) is 3.60. The van der Waals surface area contributed by atoms with E-state index in [1.165, 1.54) is 24.3 Å². The second-order valence-electron chi connectivity index (χ2n) is 5.56. The molecule has 0 heterocycles. The zero-order valence-electron chi connectivity index (χ0n) is 14.9. The number of hydrogen-bond donors (Lipinski definition) is 3. The first kappa shape index (κ1) is 21.5. The van der Waals surface area contributed by atoms with Crippen molar-refractivity contribution in [3.05, 3.63) is 57.6 Å². The lowest BCUT2D eigenvalue weighted by Crippen LogP contribution is -2.22. The molecule has 2 rings (SSSR count). The number of anilines is 3. The standard InChI is InChI=1S/C17H15F3N4O5/c1-2-29-15(25)10-5-3-4-6-11(10)22-16(26)23-12-7-9(17(18,19)20)8-13(14(12)21)24(27)28/h3-8H,2,21H2,1H3,(H2,22,23,26). The number of para-hydroxylation sites is 1. The second-order valence-corrected chi connectivity index (χ2v) is 5.56. The molecule has 0 saturated heterocycles. The Bertz CT molecular complexity index is 963. The summed E-state index contributed by atoms with van der Waals surface area (Å²) in [5, 5.41) is 15.3. The smallest absolute Gasteiger partial charge is 0.416 e. The maximum Gasteiger partial charge on any atom is 0.416 e. The van der Waals surface area contributed by atoms with Crippen molar-refractivity contribution in [3.8, 4) is 0 Å². The number of nitrogens with zero attached hydrogens (tertiary/aromatic N) is 1. The van der Waals surface area contributed by atoms with E-state index < -0.39 is 45.7 Å². The van der Waals surface area contributed by atoms with E-state index in [0.29, 0.717) is 6.07 Å². The van der Waals surface area contributed by atoms with Gasteiger partial charge >= 0.3 is 18.2 Å². The number of benzene rings is 2. The molecule has 0 fully saturated rings. The molecule has 154 valence electrons. The summed E-state index contributed by atoms with van der Waals surface area (Å²) in [7, 11) is 0. The fourth-order valence-corrected chi connectivity index (χ4v) is 2.31. The highest BCUT2D eigenvalue weighted by Crippen LogP contribution is 2.38. The van der Waals surface area contributed by atoms with Crippen molar-refractivity contribution in [2.75, 3.05) is 23.0 Å². The van der Waals surface area contributed by atoms with Crippen molar-refractivity contribution < 1.29 is 32.4 Å². The Morgan fingerprint density at radius 3 is 2.38 bits per heavy atom. The molecule has 0 aliphatic rings. The van der Waals surface area contributed by atoms with Crippen LogP contribution in [-0.4, -0.2) is 23.5 Å². The van der Waals surface area contributed by atoms with E-state index in [-0.39, 0.29) is 23.9 Å². The Morgan fingerprint density at radius 1 is 1.17 bits per heavy atom. The molecular weight excluding hydrogens is 397 g/mol. The lowest BCUT2D eigenvalue weighted by molar-refractivity contribution is -0.384. The summed E-state index contributed by atoms with van der Waals surface area (Å²) in [5.41, 5.74) is 1.91. The number of nitrogens with one attached hydrogen (secondary N) is 2. The molecule has 0 spiro atoms. The van der Waals surface area contributed by atoms with Gasteiger partial charge in [0.1, 0.15) is 5.69 Å².